The molecular formula is C14H18ClNO3. The number of aliphatic hydroxyl groups is 1. The smallest absolute Gasteiger partial charge is 0.261 e. The molecular weight excluding hydrogens is 266 g/mol. The fourth-order valence-corrected chi connectivity index (χ4v) is 2.05. The SMILES string of the molecule is Cc1cc(Cl)ccc1OC(C)C(=O)NC1(CO)CC1. The van der Waals surface area contributed by atoms with E-state index in [9.17, 15) is 9.90 Å². The Morgan fingerprint density at radius 2 is 2.26 bits per heavy atom. The maximum absolute atomic E-state index is 12.0. The molecule has 0 radical (unpaired) electrons. The van der Waals surface area contributed by atoms with Crippen LogP contribution in [-0.2, 0) is 4.79 Å². The lowest BCUT2D eigenvalue weighted by Crippen LogP contribution is -2.45. The zero-order valence-corrected chi connectivity index (χ0v) is 11.8. The van der Waals surface area contributed by atoms with Crippen molar-refractivity contribution >= 4 is 17.5 Å². The molecule has 2 rings (SSSR count). The molecule has 2 N–H and O–H groups in total. The summed E-state index contributed by atoms with van der Waals surface area (Å²) in [4.78, 5) is 12.0. The lowest BCUT2D eigenvalue weighted by molar-refractivity contribution is -0.128. The van der Waals surface area contributed by atoms with E-state index in [1.165, 1.54) is 0 Å². The Labute approximate surface area is 117 Å². The van der Waals surface area contributed by atoms with E-state index < -0.39 is 11.6 Å². The topological polar surface area (TPSA) is 58.6 Å². The number of benzene rings is 1. The summed E-state index contributed by atoms with van der Waals surface area (Å²) in [5.41, 5.74) is 0.472. The quantitative estimate of drug-likeness (QED) is 0.870. The largest absolute Gasteiger partial charge is 0.481 e. The second kappa shape index (κ2) is 5.39. The number of aliphatic hydroxyl groups excluding tert-OH is 1. The van der Waals surface area contributed by atoms with E-state index >= 15 is 0 Å². The van der Waals surface area contributed by atoms with Gasteiger partial charge in [0, 0.05) is 5.02 Å². The van der Waals surface area contributed by atoms with E-state index in [1.54, 1.807) is 25.1 Å². The van der Waals surface area contributed by atoms with E-state index in [-0.39, 0.29) is 12.5 Å². The van der Waals surface area contributed by atoms with Gasteiger partial charge in [-0.3, -0.25) is 4.79 Å². The third-order valence-corrected chi connectivity index (χ3v) is 3.59. The van der Waals surface area contributed by atoms with E-state index in [1.807, 2.05) is 6.92 Å². The van der Waals surface area contributed by atoms with Gasteiger partial charge in [-0.2, -0.15) is 0 Å². The number of amides is 1. The average molecular weight is 284 g/mol. The van der Waals surface area contributed by atoms with Gasteiger partial charge in [0.25, 0.3) is 5.91 Å². The molecule has 19 heavy (non-hydrogen) atoms. The van der Waals surface area contributed by atoms with Gasteiger partial charge in [-0.1, -0.05) is 11.6 Å². The van der Waals surface area contributed by atoms with Crippen molar-refractivity contribution in [1.29, 1.82) is 0 Å². The van der Waals surface area contributed by atoms with Crippen molar-refractivity contribution in [2.24, 2.45) is 0 Å². The van der Waals surface area contributed by atoms with Crippen molar-refractivity contribution < 1.29 is 14.6 Å². The van der Waals surface area contributed by atoms with Crippen molar-refractivity contribution in [2.75, 3.05) is 6.61 Å². The highest BCUT2D eigenvalue weighted by Crippen LogP contribution is 2.34. The van der Waals surface area contributed by atoms with Crippen LogP contribution in [-0.4, -0.2) is 29.3 Å². The minimum atomic E-state index is -0.607. The monoisotopic (exact) mass is 283 g/mol. The molecule has 0 aromatic heterocycles. The third-order valence-electron chi connectivity index (χ3n) is 3.35. The molecule has 5 heteroatoms. The number of carbonyl (C=O) groups excluding carboxylic acids is 1. The summed E-state index contributed by atoms with van der Waals surface area (Å²) in [6.45, 7) is 3.55. The molecule has 0 spiro atoms. The summed E-state index contributed by atoms with van der Waals surface area (Å²) in [6, 6.07) is 5.27. The summed E-state index contributed by atoms with van der Waals surface area (Å²) < 4.78 is 5.63. The number of aryl methyl sites for hydroxylation is 1. The minimum absolute atomic E-state index is 0.0224. The van der Waals surface area contributed by atoms with E-state index in [4.69, 9.17) is 16.3 Å². The first-order valence-corrected chi connectivity index (χ1v) is 6.69. The Morgan fingerprint density at radius 1 is 1.58 bits per heavy atom. The van der Waals surface area contributed by atoms with Crippen LogP contribution < -0.4 is 10.1 Å². The van der Waals surface area contributed by atoms with Gasteiger partial charge in [0.1, 0.15) is 5.75 Å². The van der Waals surface area contributed by atoms with Crippen LogP contribution in [0.3, 0.4) is 0 Å². The first-order valence-electron chi connectivity index (χ1n) is 6.31. The molecule has 1 aromatic carbocycles. The Bertz CT molecular complexity index is 486. The molecule has 0 aliphatic heterocycles. The Hall–Kier alpha value is -1.26. The fourth-order valence-electron chi connectivity index (χ4n) is 1.83. The van der Waals surface area contributed by atoms with Crippen LogP contribution in [0.2, 0.25) is 5.02 Å². The summed E-state index contributed by atoms with van der Waals surface area (Å²) in [5, 5.41) is 12.6. The molecule has 1 fully saturated rings. The Balaban J connectivity index is 1.96. The zero-order valence-electron chi connectivity index (χ0n) is 11.1. The fraction of sp³-hybridized carbons (Fsp3) is 0.500. The van der Waals surface area contributed by atoms with Gasteiger partial charge in [-0.05, 0) is 50.5 Å². The molecule has 1 aliphatic carbocycles. The molecule has 4 nitrogen and oxygen atoms in total. The molecule has 0 saturated heterocycles. The molecule has 0 bridgehead atoms. The number of nitrogens with one attached hydrogen (secondary N) is 1. The van der Waals surface area contributed by atoms with Crippen LogP contribution >= 0.6 is 11.6 Å². The van der Waals surface area contributed by atoms with Crippen LogP contribution in [0.5, 0.6) is 5.75 Å². The molecule has 1 aliphatic rings. The maximum atomic E-state index is 12.0. The van der Waals surface area contributed by atoms with Gasteiger partial charge in [-0.25, -0.2) is 0 Å². The molecule has 1 aromatic rings. The van der Waals surface area contributed by atoms with E-state index in [0.29, 0.717) is 10.8 Å². The average Bonchev–Trinajstić information content (AvgIpc) is 3.13. The second-order valence-corrected chi connectivity index (χ2v) is 5.53. The Kier molecular flexibility index (Phi) is 4.02. The van der Waals surface area contributed by atoms with Crippen molar-refractivity contribution in [1.82, 2.24) is 5.32 Å². The molecule has 1 unspecified atom stereocenters. The number of carbonyl (C=O) groups is 1. The lowest BCUT2D eigenvalue weighted by atomic mass is 10.2. The zero-order chi connectivity index (χ0) is 14.0. The summed E-state index contributed by atoms with van der Waals surface area (Å²) in [6.07, 6.45) is 1.04. The molecule has 104 valence electrons. The summed E-state index contributed by atoms with van der Waals surface area (Å²) >= 11 is 5.87. The van der Waals surface area contributed by atoms with Gasteiger partial charge < -0.3 is 15.2 Å². The highest BCUT2D eigenvalue weighted by atomic mass is 35.5. The van der Waals surface area contributed by atoms with Gasteiger partial charge in [-0.15, -0.1) is 0 Å². The number of ether oxygens (including phenoxy) is 1. The first-order chi connectivity index (χ1) is 8.96. The van der Waals surface area contributed by atoms with Gasteiger partial charge in [0.2, 0.25) is 0 Å². The summed E-state index contributed by atoms with van der Waals surface area (Å²) in [7, 11) is 0. The van der Waals surface area contributed by atoms with Crippen LogP contribution in [0.1, 0.15) is 25.3 Å². The maximum Gasteiger partial charge on any atom is 0.261 e. The first kappa shape index (κ1) is 14.2. The van der Waals surface area contributed by atoms with Crippen molar-refractivity contribution in [2.45, 2.75) is 38.3 Å². The summed E-state index contributed by atoms with van der Waals surface area (Å²) in [5.74, 6) is 0.432. The van der Waals surface area contributed by atoms with Crippen LogP contribution in [0, 0.1) is 6.92 Å². The minimum Gasteiger partial charge on any atom is -0.481 e. The normalized spacial score (nSPS) is 17.7. The number of hydrogen-bond acceptors (Lipinski definition) is 3. The molecule has 1 atom stereocenters. The lowest BCUT2D eigenvalue weighted by Gasteiger charge is -2.20. The standard InChI is InChI=1S/C14H18ClNO3/c1-9-7-11(15)3-4-12(9)19-10(2)13(18)16-14(8-17)5-6-14/h3-4,7,10,17H,5-6,8H2,1-2H3,(H,16,18). The van der Waals surface area contributed by atoms with Crippen molar-refractivity contribution in [3.8, 4) is 5.75 Å². The van der Waals surface area contributed by atoms with Gasteiger partial charge in [0.05, 0.1) is 12.1 Å². The number of rotatable bonds is 5. The third kappa shape index (κ3) is 3.39. The highest BCUT2D eigenvalue weighted by Gasteiger charge is 2.44. The second-order valence-electron chi connectivity index (χ2n) is 5.10. The van der Waals surface area contributed by atoms with Crippen molar-refractivity contribution in [3.05, 3.63) is 28.8 Å². The van der Waals surface area contributed by atoms with Gasteiger partial charge >= 0.3 is 0 Å². The predicted octanol–water partition coefficient (Wildman–Crippen LogP) is 2.06. The van der Waals surface area contributed by atoms with Gasteiger partial charge in [0.15, 0.2) is 6.10 Å². The predicted molar refractivity (Wildman–Crippen MR) is 73.5 cm³/mol. The number of hydrogen-bond donors (Lipinski definition) is 2. The molecule has 1 amide bonds. The molecule has 0 heterocycles. The van der Waals surface area contributed by atoms with Crippen LogP contribution in [0.25, 0.3) is 0 Å². The van der Waals surface area contributed by atoms with E-state index in [0.717, 1.165) is 18.4 Å². The molecule has 1 saturated carbocycles. The van der Waals surface area contributed by atoms with E-state index in [2.05, 4.69) is 5.32 Å². The van der Waals surface area contributed by atoms with Crippen LogP contribution in [0.15, 0.2) is 18.2 Å². The number of halogens is 1. The van der Waals surface area contributed by atoms with Crippen LogP contribution in [0.4, 0.5) is 0 Å². The highest BCUT2D eigenvalue weighted by molar-refractivity contribution is 6.30. The Morgan fingerprint density at radius 3 is 2.79 bits per heavy atom. The van der Waals surface area contributed by atoms with Crippen molar-refractivity contribution in [3.63, 3.8) is 0 Å².